The van der Waals surface area contributed by atoms with Crippen LogP contribution in [0, 0.1) is 0 Å². The quantitative estimate of drug-likeness (QED) is 0.398. The molecule has 0 aliphatic heterocycles. The molecule has 0 aromatic heterocycles. The first-order valence-corrected chi connectivity index (χ1v) is 0.928. The van der Waals surface area contributed by atoms with Crippen molar-refractivity contribution in [3.63, 3.8) is 0 Å². The number of carbonyl (C=O) groups is 1. The first-order valence-electron chi connectivity index (χ1n) is 0.928. The van der Waals surface area contributed by atoms with Crippen LogP contribution in [0.15, 0.2) is 0 Å². The van der Waals surface area contributed by atoms with Gasteiger partial charge in [-0.3, -0.25) is 4.79 Å². The number of aliphatic carboxylic acids is 1. The van der Waals surface area contributed by atoms with Crippen LogP contribution in [0.2, 0.25) is 0 Å². The van der Waals surface area contributed by atoms with E-state index in [0.717, 1.165) is 6.92 Å². The van der Waals surface area contributed by atoms with E-state index in [-0.39, 0.29) is 56.9 Å². The Balaban J connectivity index is -0.0000000450. The Morgan fingerprint density at radius 3 is 1.67 bits per heavy atom. The van der Waals surface area contributed by atoms with Gasteiger partial charge in [0.25, 0.3) is 5.97 Å². The Morgan fingerprint density at radius 1 is 1.67 bits per heavy atom. The summed E-state index contributed by atoms with van der Waals surface area (Å²) in [7, 11) is 0. The molecule has 0 aromatic carbocycles. The van der Waals surface area contributed by atoms with Crippen molar-refractivity contribution in [1.82, 2.24) is 0 Å². The van der Waals surface area contributed by atoms with Crippen molar-refractivity contribution in [2.75, 3.05) is 0 Å². The predicted molar refractivity (Wildman–Crippen MR) is 24.1 cm³/mol. The molecule has 0 fully saturated rings. The Bertz CT molecular complexity index is 31.8. The second-order valence-corrected chi connectivity index (χ2v) is 0.519. The molecule has 0 aromatic rings. The minimum absolute atomic E-state index is 0. The maximum atomic E-state index is 9.00. The molecule has 3 N–H and O–H groups in total. The molecule has 0 amide bonds. The van der Waals surface area contributed by atoms with Crippen molar-refractivity contribution in [2.24, 2.45) is 0 Å². The van der Waals surface area contributed by atoms with Crippen LogP contribution in [0.4, 0.5) is 0 Å². The van der Waals surface area contributed by atoms with Gasteiger partial charge in [-0.05, 0) is 0 Å². The number of hydrogen-bond donors (Lipinski definition) is 1. The summed E-state index contributed by atoms with van der Waals surface area (Å²) < 4.78 is 0. The van der Waals surface area contributed by atoms with Crippen LogP contribution in [-0.4, -0.2) is 67.9 Å². The van der Waals surface area contributed by atoms with Gasteiger partial charge < -0.3 is 10.6 Å². The SMILES string of the molecule is CC(=O)O.O.[KH]. The number of rotatable bonds is 0. The molecule has 6 heavy (non-hydrogen) atoms. The van der Waals surface area contributed by atoms with Crippen LogP contribution in [0.25, 0.3) is 0 Å². The van der Waals surface area contributed by atoms with Crippen molar-refractivity contribution >= 4 is 57.4 Å². The van der Waals surface area contributed by atoms with Gasteiger partial charge in [0.1, 0.15) is 0 Å². The number of carboxylic acids is 1. The van der Waals surface area contributed by atoms with E-state index < -0.39 is 5.97 Å². The fourth-order valence-corrected chi connectivity index (χ4v) is 0. The van der Waals surface area contributed by atoms with Gasteiger partial charge in [-0.25, -0.2) is 0 Å². The first kappa shape index (κ1) is 15.7. The molecule has 34 valence electrons. The summed E-state index contributed by atoms with van der Waals surface area (Å²) >= 11 is 0. The molecular formula is C2H7KO3. The van der Waals surface area contributed by atoms with E-state index in [1.54, 1.807) is 0 Å². The number of carboxylic acid groups (broad SMARTS) is 1. The van der Waals surface area contributed by atoms with Crippen LogP contribution in [0.3, 0.4) is 0 Å². The van der Waals surface area contributed by atoms with Crippen molar-refractivity contribution in [3.8, 4) is 0 Å². The van der Waals surface area contributed by atoms with Crippen LogP contribution in [0.5, 0.6) is 0 Å². The summed E-state index contributed by atoms with van der Waals surface area (Å²) in [6.07, 6.45) is 0. The van der Waals surface area contributed by atoms with Crippen LogP contribution < -0.4 is 0 Å². The van der Waals surface area contributed by atoms with Gasteiger partial charge in [0.05, 0.1) is 0 Å². The Kier molecular flexibility index (Phi) is 24.7. The molecule has 0 saturated carbocycles. The van der Waals surface area contributed by atoms with Crippen molar-refractivity contribution in [3.05, 3.63) is 0 Å². The second kappa shape index (κ2) is 9.42. The summed E-state index contributed by atoms with van der Waals surface area (Å²) in [5, 5.41) is 7.42. The van der Waals surface area contributed by atoms with Crippen molar-refractivity contribution < 1.29 is 15.4 Å². The zero-order valence-corrected chi connectivity index (χ0v) is 2.86. The molecule has 0 aliphatic carbocycles. The second-order valence-electron chi connectivity index (χ2n) is 0.519. The van der Waals surface area contributed by atoms with Crippen LogP contribution in [0.1, 0.15) is 6.92 Å². The first-order chi connectivity index (χ1) is 1.73. The maximum absolute atomic E-state index is 9.00. The Labute approximate surface area is 78.5 Å². The van der Waals surface area contributed by atoms with E-state index in [9.17, 15) is 0 Å². The van der Waals surface area contributed by atoms with Crippen molar-refractivity contribution in [2.45, 2.75) is 6.92 Å². The van der Waals surface area contributed by atoms with E-state index in [2.05, 4.69) is 0 Å². The van der Waals surface area contributed by atoms with E-state index >= 15 is 0 Å². The molecule has 0 bridgehead atoms. The molecule has 0 radical (unpaired) electrons. The van der Waals surface area contributed by atoms with E-state index in [4.69, 9.17) is 9.90 Å². The third-order valence-corrected chi connectivity index (χ3v) is 0. The Morgan fingerprint density at radius 2 is 1.67 bits per heavy atom. The van der Waals surface area contributed by atoms with Gasteiger partial charge in [0, 0.05) is 6.92 Å². The van der Waals surface area contributed by atoms with Crippen LogP contribution in [-0.2, 0) is 4.79 Å². The predicted octanol–water partition coefficient (Wildman–Crippen LogP) is -1.38. The van der Waals surface area contributed by atoms with Crippen LogP contribution >= 0.6 is 0 Å². The number of hydrogen-bond acceptors (Lipinski definition) is 1. The molecule has 3 nitrogen and oxygen atoms in total. The molecule has 0 atom stereocenters. The summed E-state index contributed by atoms with van der Waals surface area (Å²) in [6.45, 7) is 1.08. The topological polar surface area (TPSA) is 68.8 Å². The molecule has 0 heterocycles. The standard InChI is InChI=1S/C2H4O2.K.H2O.H/c1-2(3)4;;;/h1H3,(H,3,4);;1H2;. The molecule has 0 aliphatic rings. The van der Waals surface area contributed by atoms with E-state index in [1.807, 2.05) is 0 Å². The average Bonchev–Trinajstić information content (AvgIpc) is 0.811. The molecule has 0 unspecified atom stereocenters. The fourth-order valence-electron chi connectivity index (χ4n) is 0. The molecule has 0 saturated heterocycles. The molecule has 0 rings (SSSR count). The minimum atomic E-state index is -0.833. The zero-order chi connectivity index (χ0) is 3.58. The molecule has 0 spiro atoms. The Hall–Kier alpha value is 1.07. The third kappa shape index (κ3) is 73.7. The van der Waals surface area contributed by atoms with Gasteiger partial charge in [-0.2, -0.15) is 0 Å². The zero-order valence-electron chi connectivity index (χ0n) is 2.86. The average molecular weight is 118 g/mol. The van der Waals surface area contributed by atoms with Crippen molar-refractivity contribution in [1.29, 1.82) is 0 Å². The monoisotopic (exact) mass is 118 g/mol. The molecular weight excluding hydrogens is 111 g/mol. The molecule has 4 heteroatoms. The van der Waals surface area contributed by atoms with Gasteiger partial charge in [-0.1, -0.05) is 0 Å². The van der Waals surface area contributed by atoms with E-state index in [0.29, 0.717) is 0 Å². The van der Waals surface area contributed by atoms with Gasteiger partial charge >= 0.3 is 51.4 Å². The summed E-state index contributed by atoms with van der Waals surface area (Å²) in [5.74, 6) is -0.833. The normalized spacial score (nSPS) is 4.17. The van der Waals surface area contributed by atoms with E-state index in [1.165, 1.54) is 0 Å². The van der Waals surface area contributed by atoms with Gasteiger partial charge in [-0.15, -0.1) is 0 Å². The third-order valence-electron chi connectivity index (χ3n) is 0. The van der Waals surface area contributed by atoms with Gasteiger partial charge in [0.15, 0.2) is 0 Å². The summed E-state index contributed by atoms with van der Waals surface area (Å²) in [5.41, 5.74) is 0. The summed E-state index contributed by atoms with van der Waals surface area (Å²) in [6, 6.07) is 0. The van der Waals surface area contributed by atoms with Gasteiger partial charge in [0.2, 0.25) is 0 Å². The fraction of sp³-hybridized carbons (Fsp3) is 0.500. The summed E-state index contributed by atoms with van der Waals surface area (Å²) in [4.78, 5) is 9.00.